The van der Waals surface area contributed by atoms with Crippen molar-refractivity contribution in [3.63, 3.8) is 0 Å². The molecule has 168 valence electrons. The third-order valence-electron chi connectivity index (χ3n) is 4.78. The summed E-state index contributed by atoms with van der Waals surface area (Å²) < 4.78 is 34.3. The van der Waals surface area contributed by atoms with Crippen LogP contribution in [0.4, 0.5) is 5.69 Å². The van der Waals surface area contributed by atoms with E-state index in [0.29, 0.717) is 5.02 Å². The van der Waals surface area contributed by atoms with Crippen LogP contribution in [0.3, 0.4) is 0 Å². The molecule has 0 amide bonds. The van der Waals surface area contributed by atoms with Gasteiger partial charge in [-0.2, -0.15) is 4.31 Å². The highest BCUT2D eigenvalue weighted by Crippen LogP contribution is 2.29. The van der Waals surface area contributed by atoms with E-state index in [1.165, 1.54) is 31.3 Å². The maximum atomic E-state index is 13.1. The molecule has 0 N–H and O–H groups in total. The van der Waals surface area contributed by atoms with Crippen molar-refractivity contribution in [2.75, 3.05) is 13.6 Å². The van der Waals surface area contributed by atoms with Gasteiger partial charge >= 0.3 is 0 Å². The number of ether oxygens (including phenoxy) is 1. The molecule has 0 saturated heterocycles. The SMILES string of the molecule is CN(CC(OCc1ccc(Br)cc1)c1ccc(Cl)cc1)S(=O)(=O)c1ccccc1[N+](=O)[O-]. The number of nitro groups is 1. The molecule has 0 aliphatic heterocycles. The summed E-state index contributed by atoms with van der Waals surface area (Å²) in [6.07, 6.45) is -0.626. The summed E-state index contributed by atoms with van der Waals surface area (Å²) >= 11 is 9.38. The van der Waals surface area contributed by atoms with Crippen LogP contribution in [-0.4, -0.2) is 31.2 Å². The standard InChI is InChI=1S/C22H20BrClN2O5S/c1-25(32(29,30)22-5-3-2-4-20(22)26(27)28)14-21(17-8-12-19(24)13-9-17)31-15-16-6-10-18(23)11-7-16/h2-13,21H,14-15H2,1H3. The number of benzene rings is 3. The van der Waals surface area contributed by atoms with Crippen molar-refractivity contribution < 1.29 is 18.1 Å². The fraction of sp³-hybridized carbons (Fsp3) is 0.182. The molecule has 1 unspecified atom stereocenters. The van der Waals surface area contributed by atoms with Gasteiger partial charge < -0.3 is 4.74 Å². The van der Waals surface area contributed by atoms with Gasteiger partial charge in [0.05, 0.1) is 17.6 Å². The number of nitro benzene ring substituents is 1. The van der Waals surface area contributed by atoms with Crippen LogP contribution in [0.25, 0.3) is 0 Å². The number of nitrogens with zero attached hydrogens (tertiary/aromatic N) is 2. The molecule has 1 atom stereocenters. The fourth-order valence-corrected chi connectivity index (χ4v) is 4.75. The minimum Gasteiger partial charge on any atom is -0.367 e. The molecule has 32 heavy (non-hydrogen) atoms. The first kappa shape index (κ1) is 24.3. The van der Waals surface area contributed by atoms with Crippen LogP contribution < -0.4 is 0 Å². The van der Waals surface area contributed by atoms with Crippen LogP contribution in [0.15, 0.2) is 82.2 Å². The number of rotatable bonds is 9. The van der Waals surface area contributed by atoms with Crippen LogP contribution in [0.1, 0.15) is 17.2 Å². The molecule has 0 bridgehead atoms. The average Bonchev–Trinajstić information content (AvgIpc) is 2.78. The van der Waals surface area contributed by atoms with Gasteiger partial charge in [-0.3, -0.25) is 10.1 Å². The number of likely N-dealkylation sites (N-methyl/N-ethyl adjacent to an activating group) is 1. The van der Waals surface area contributed by atoms with Crippen LogP contribution in [0, 0.1) is 10.1 Å². The topological polar surface area (TPSA) is 89.8 Å². The van der Waals surface area contributed by atoms with E-state index in [0.717, 1.165) is 19.9 Å². The lowest BCUT2D eigenvalue weighted by molar-refractivity contribution is -0.387. The van der Waals surface area contributed by atoms with Gasteiger partial charge in [0, 0.05) is 29.2 Å². The number of para-hydroxylation sites is 1. The largest absolute Gasteiger partial charge is 0.367 e. The first-order chi connectivity index (χ1) is 15.2. The van der Waals surface area contributed by atoms with E-state index in [9.17, 15) is 18.5 Å². The highest BCUT2D eigenvalue weighted by atomic mass is 79.9. The van der Waals surface area contributed by atoms with Crippen molar-refractivity contribution in [2.45, 2.75) is 17.6 Å². The molecule has 3 rings (SSSR count). The third-order valence-corrected chi connectivity index (χ3v) is 7.43. The summed E-state index contributed by atoms with van der Waals surface area (Å²) in [6.45, 7) is 0.201. The summed E-state index contributed by atoms with van der Waals surface area (Å²) in [4.78, 5) is 10.3. The maximum Gasteiger partial charge on any atom is 0.289 e. The molecule has 0 aliphatic rings. The first-order valence-electron chi connectivity index (χ1n) is 9.50. The second-order valence-corrected chi connectivity index (χ2v) is 10.4. The van der Waals surface area contributed by atoms with Crippen LogP contribution in [0.5, 0.6) is 0 Å². The molecule has 3 aromatic carbocycles. The molecule has 3 aromatic rings. The van der Waals surface area contributed by atoms with E-state index in [2.05, 4.69) is 15.9 Å². The summed E-state index contributed by atoms with van der Waals surface area (Å²) in [7, 11) is -2.76. The highest BCUT2D eigenvalue weighted by Gasteiger charge is 2.31. The zero-order valence-electron chi connectivity index (χ0n) is 17.0. The van der Waals surface area contributed by atoms with Crippen molar-refractivity contribution >= 4 is 43.2 Å². The molecule has 0 aliphatic carbocycles. The predicted octanol–water partition coefficient (Wildman–Crippen LogP) is 5.59. The number of sulfonamides is 1. The van der Waals surface area contributed by atoms with Crippen LogP contribution in [0.2, 0.25) is 5.02 Å². The Morgan fingerprint density at radius 3 is 2.31 bits per heavy atom. The fourth-order valence-electron chi connectivity index (χ4n) is 3.03. The molecule has 7 nitrogen and oxygen atoms in total. The second kappa shape index (κ2) is 10.5. The Bertz CT molecular complexity index is 1190. The predicted molar refractivity (Wildman–Crippen MR) is 126 cm³/mol. The zero-order chi connectivity index (χ0) is 23.3. The zero-order valence-corrected chi connectivity index (χ0v) is 20.2. The maximum absolute atomic E-state index is 13.1. The van der Waals surface area contributed by atoms with Gasteiger partial charge in [-0.25, -0.2) is 8.42 Å². The van der Waals surface area contributed by atoms with Gasteiger partial charge in [0.1, 0.15) is 0 Å². The quantitative estimate of drug-likeness (QED) is 0.261. The monoisotopic (exact) mass is 538 g/mol. The third kappa shape index (κ3) is 5.93. The van der Waals surface area contributed by atoms with Crippen molar-refractivity contribution in [3.05, 3.63) is 104 Å². The minimum absolute atomic E-state index is 0.0491. The van der Waals surface area contributed by atoms with E-state index in [1.54, 1.807) is 24.3 Å². The Labute approximate surface area is 199 Å². The first-order valence-corrected chi connectivity index (χ1v) is 12.1. The molecule has 0 aromatic heterocycles. The Morgan fingerprint density at radius 2 is 1.69 bits per heavy atom. The number of halogens is 2. The average molecular weight is 540 g/mol. The molecular weight excluding hydrogens is 520 g/mol. The molecule has 10 heteroatoms. The van der Waals surface area contributed by atoms with Gasteiger partial charge in [-0.05, 0) is 41.5 Å². The molecule has 0 saturated carbocycles. The highest BCUT2D eigenvalue weighted by molar-refractivity contribution is 9.10. The van der Waals surface area contributed by atoms with Crippen molar-refractivity contribution in [2.24, 2.45) is 0 Å². The van der Waals surface area contributed by atoms with E-state index in [-0.39, 0.29) is 18.0 Å². The number of hydrogen-bond donors (Lipinski definition) is 0. The van der Waals surface area contributed by atoms with Gasteiger partial charge in [0.2, 0.25) is 10.0 Å². The van der Waals surface area contributed by atoms with Crippen molar-refractivity contribution in [1.29, 1.82) is 0 Å². The molecular formula is C22H20BrClN2O5S. The summed E-state index contributed by atoms with van der Waals surface area (Å²) in [5.41, 5.74) is 1.17. The summed E-state index contributed by atoms with van der Waals surface area (Å²) in [5, 5.41) is 11.9. The Kier molecular flexibility index (Phi) is 8.02. The summed E-state index contributed by atoms with van der Waals surface area (Å²) in [6, 6.07) is 19.8. The Balaban J connectivity index is 1.87. The van der Waals surface area contributed by atoms with Crippen molar-refractivity contribution in [1.82, 2.24) is 4.31 Å². The van der Waals surface area contributed by atoms with Gasteiger partial charge in [0.15, 0.2) is 4.90 Å². The van der Waals surface area contributed by atoms with E-state index in [1.807, 2.05) is 24.3 Å². The lowest BCUT2D eigenvalue weighted by atomic mass is 10.1. The Hall–Kier alpha value is -2.30. The van der Waals surface area contributed by atoms with Gasteiger partial charge in [-0.15, -0.1) is 0 Å². The Morgan fingerprint density at radius 1 is 1.06 bits per heavy atom. The lowest BCUT2D eigenvalue weighted by Gasteiger charge is -2.25. The molecule has 0 radical (unpaired) electrons. The normalized spacial score (nSPS) is 12.6. The molecule has 0 heterocycles. The van der Waals surface area contributed by atoms with Crippen LogP contribution in [-0.2, 0) is 21.4 Å². The molecule has 0 spiro atoms. The molecule has 0 fully saturated rings. The van der Waals surface area contributed by atoms with Crippen molar-refractivity contribution in [3.8, 4) is 0 Å². The smallest absolute Gasteiger partial charge is 0.289 e. The van der Waals surface area contributed by atoms with Gasteiger partial charge in [0.25, 0.3) is 5.69 Å². The second-order valence-electron chi connectivity index (χ2n) is 6.99. The van der Waals surface area contributed by atoms with E-state index in [4.69, 9.17) is 16.3 Å². The summed E-state index contributed by atoms with van der Waals surface area (Å²) in [5.74, 6) is 0. The minimum atomic E-state index is -4.14. The lowest BCUT2D eigenvalue weighted by Crippen LogP contribution is -2.32. The van der Waals surface area contributed by atoms with Gasteiger partial charge in [-0.1, -0.05) is 63.9 Å². The number of hydrogen-bond acceptors (Lipinski definition) is 5. The van der Waals surface area contributed by atoms with E-state index < -0.39 is 26.7 Å². The van der Waals surface area contributed by atoms with Crippen LogP contribution >= 0.6 is 27.5 Å². The van der Waals surface area contributed by atoms with E-state index >= 15 is 0 Å².